The van der Waals surface area contributed by atoms with Crippen LogP contribution >= 0.6 is 0 Å². The van der Waals surface area contributed by atoms with Crippen LogP contribution in [-0.2, 0) is 16.0 Å². The first-order valence-corrected chi connectivity index (χ1v) is 7.48. The molecule has 1 aliphatic rings. The average molecular weight is 260 g/mol. The first-order valence-electron chi connectivity index (χ1n) is 7.48. The van der Waals surface area contributed by atoms with E-state index in [0.29, 0.717) is 11.7 Å². The number of carbonyl (C=O) groups excluding carboxylic acids is 1. The van der Waals surface area contributed by atoms with Gasteiger partial charge in [0.15, 0.2) is 0 Å². The second-order valence-electron chi connectivity index (χ2n) is 5.52. The van der Waals surface area contributed by atoms with Gasteiger partial charge in [0, 0.05) is 26.1 Å². The summed E-state index contributed by atoms with van der Waals surface area (Å²) in [5.74, 6) is 0.902. The Hall–Kier alpha value is -1.15. The molecule has 19 heavy (non-hydrogen) atoms. The number of ketones is 1. The van der Waals surface area contributed by atoms with Gasteiger partial charge in [-0.1, -0.05) is 30.3 Å². The van der Waals surface area contributed by atoms with Crippen LogP contribution < -0.4 is 0 Å². The second-order valence-corrected chi connectivity index (χ2v) is 5.52. The van der Waals surface area contributed by atoms with Crippen molar-refractivity contribution in [3.05, 3.63) is 35.9 Å². The largest absolute Gasteiger partial charge is 0.381 e. The van der Waals surface area contributed by atoms with E-state index in [0.717, 1.165) is 51.7 Å². The summed E-state index contributed by atoms with van der Waals surface area (Å²) in [4.78, 5) is 11.3. The molecule has 1 aliphatic carbocycles. The van der Waals surface area contributed by atoms with Crippen LogP contribution in [0, 0.1) is 5.92 Å². The minimum atomic E-state index is 0.420. The number of aryl methyl sites for hydroxylation is 1. The monoisotopic (exact) mass is 260 g/mol. The molecule has 1 aromatic carbocycles. The molecular weight excluding hydrogens is 236 g/mol. The van der Waals surface area contributed by atoms with Crippen LogP contribution in [-0.4, -0.2) is 19.0 Å². The topological polar surface area (TPSA) is 26.3 Å². The average Bonchev–Trinajstić information content (AvgIpc) is 2.44. The number of ether oxygens (including phenoxy) is 1. The molecule has 0 radical (unpaired) electrons. The van der Waals surface area contributed by atoms with E-state index in [1.165, 1.54) is 12.0 Å². The maximum Gasteiger partial charge on any atom is 0.133 e. The summed E-state index contributed by atoms with van der Waals surface area (Å²) in [6.45, 7) is 1.61. The fourth-order valence-electron chi connectivity index (χ4n) is 2.68. The Morgan fingerprint density at radius 1 is 1.16 bits per heavy atom. The normalized spacial score (nSPS) is 19.6. The molecule has 104 valence electrons. The predicted molar refractivity (Wildman–Crippen MR) is 77.2 cm³/mol. The predicted octanol–water partition coefficient (Wildman–Crippen LogP) is 3.79. The zero-order chi connectivity index (χ0) is 13.3. The number of rotatable bonds is 7. The van der Waals surface area contributed by atoms with E-state index in [1.807, 2.05) is 0 Å². The van der Waals surface area contributed by atoms with Gasteiger partial charge in [-0.3, -0.25) is 4.79 Å². The lowest BCUT2D eigenvalue weighted by molar-refractivity contribution is -0.122. The van der Waals surface area contributed by atoms with Crippen LogP contribution in [0.5, 0.6) is 0 Å². The van der Waals surface area contributed by atoms with Gasteiger partial charge in [-0.05, 0) is 43.6 Å². The van der Waals surface area contributed by atoms with Gasteiger partial charge in [0.25, 0.3) is 0 Å². The van der Waals surface area contributed by atoms with Crippen LogP contribution in [0.3, 0.4) is 0 Å². The number of hydrogen-bond donors (Lipinski definition) is 0. The third-order valence-corrected chi connectivity index (χ3v) is 3.78. The summed E-state index contributed by atoms with van der Waals surface area (Å²) in [5.41, 5.74) is 1.40. The van der Waals surface area contributed by atoms with Crippen molar-refractivity contribution in [3.8, 4) is 0 Å². The molecule has 2 nitrogen and oxygen atoms in total. The lowest BCUT2D eigenvalue weighted by atomic mass is 9.89. The number of benzene rings is 1. The molecule has 0 amide bonds. The van der Waals surface area contributed by atoms with Crippen molar-refractivity contribution in [2.45, 2.75) is 44.9 Å². The molecule has 1 unspecified atom stereocenters. The van der Waals surface area contributed by atoms with E-state index < -0.39 is 0 Å². The molecule has 2 rings (SSSR count). The van der Waals surface area contributed by atoms with Crippen molar-refractivity contribution in [2.75, 3.05) is 13.2 Å². The summed E-state index contributed by atoms with van der Waals surface area (Å²) in [6.07, 6.45) is 7.16. The quantitative estimate of drug-likeness (QED) is 0.697. The smallest absolute Gasteiger partial charge is 0.133 e. The first-order chi connectivity index (χ1) is 9.34. The van der Waals surface area contributed by atoms with Gasteiger partial charge in [0.05, 0.1) is 0 Å². The second kappa shape index (κ2) is 8.11. The molecule has 0 aromatic heterocycles. The van der Waals surface area contributed by atoms with E-state index >= 15 is 0 Å². The highest BCUT2D eigenvalue weighted by atomic mass is 16.5. The summed E-state index contributed by atoms with van der Waals surface area (Å²) in [6, 6.07) is 10.6. The van der Waals surface area contributed by atoms with Crippen molar-refractivity contribution >= 4 is 5.78 Å². The maximum atomic E-state index is 11.3. The van der Waals surface area contributed by atoms with Gasteiger partial charge < -0.3 is 4.74 Å². The van der Waals surface area contributed by atoms with Gasteiger partial charge >= 0.3 is 0 Å². The Kier molecular flexibility index (Phi) is 6.09. The van der Waals surface area contributed by atoms with Gasteiger partial charge in [-0.15, -0.1) is 0 Å². The number of hydrogen-bond acceptors (Lipinski definition) is 2. The molecule has 1 atom stereocenters. The fourth-order valence-corrected chi connectivity index (χ4v) is 2.68. The minimum Gasteiger partial charge on any atom is -0.381 e. The van der Waals surface area contributed by atoms with E-state index in [9.17, 15) is 4.79 Å². The van der Waals surface area contributed by atoms with Gasteiger partial charge in [0.2, 0.25) is 0 Å². The molecule has 2 heteroatoms. The number of carbonyl (C=O) groups is 1. The summed E-state index contributed by atoms with van der Waals surface area (Å²) in [7, 11) is 0. The van der Waals surface area contributed by atoms with E-state index in [4.69, 9.17) is 4.74 Å². The molecule has 1 aromatic rings. The highest BCUT2D eigenvalue weighted by molar-refractivity contribution is 5.79. The fraction of sp³-hybridized carbons (Fsp3) is 0.588. The maximum absolute atomic E-state index is 11.3. The Labute approximate surface area is 116 Å². The molecule has 0 N–H and O–H groups in total. The standard InChI is InChI=1S/C17H24O2/c18-17-11-6-10-16(13-17)14-19-12-5-4-9-15-7-2-1-3-8-15/h1-3,7-8,16H,4-6,9-14H2. The van der Waals surface area contributed by atoms with Gasteiger partial charge in [-0.2, -0.15) is 0 Å². The zero-order valence-electron chi connectivity index (χ0n) is 11.6. The molecule has 0 spiro atoms. The third-order valence-electron chi connectivity index (χ3n) is 3.78. The van der Waals surface area contributed by atoms with E-state index in [2.05, 4.69) is 30.3 Å². The zero-order valence-corrected chi connectivity index (χ0v) is 11.6. The number of Topliss-reactive ketones (excluding diaryl/α,β-unsaturated/α-hetero) is 1. The third kappa shape index (κ3) is 5.56. The van der Waals surface area contributed by atoms with Crippen LogP contribution in [0.25, 0.3) is 0 Å². The van der Waals surface area contributed by atoms with Crippen LogP contribution in [0.15, 0.2) is 30.3 Å². The molecule has 0 aliphatic heterocycles. The van der Waals surface area contributed by atoms with E-state index in [-0.39, 0.29) is 0 Å². The minimum absolute atomic E-state index is 0.420. The molecule has 1 fully saturated rings. The Bertz CT molecular complexity index is 372. The van der Waals surface area contributed by atoms with Gasteiger partial charge in [0.1, 0.15) is 5.78 Å². The molecule has 0 saturated heterocycles. The van der Waals surface area contributed by atoms with Crippen LogP contribution in [0.1, 0.15) is 44.1 Å². The number of unbranched alkanes of at least 4 members (excludes halogenated alkanes) is 1. The summed E-state index contributed by atoms with van der Waals surface area (Å²) >= 11 is 0. The highest BCUT2D eigenvalue weighted by Gasteiger charge is 2.19. The molecule has 1 saturated carbocycles. The summed E-state index contributed by atoms with van der Waals surface area (Å²) in [5, 5.41) is 0. The molecule has 0 bridgehead atoms. The summed E-state index contributed by atoms with van der Waals surface area (Å²) < 4.78 is 5.71. The van der Waals surface area contributed by atoms with Crippen molar-refractivity contribution in [1.29, 1.82) is 0 Å². The lowest BCUT2D eigenvalue weighted by Crippen LogP contribution is -2.19. The van der Waals surface area contributed by atoms with Crippen molar-refractivity contribution in [1.82, 2.24) is 0 Å². The van der Waals surface area contributed by atoms with Gasteiger partial charge in [-0.25, -0.2) is 0 Å². The van der Waals surface area contributed by atoms with Crippen LogP contribution in [0.2, 0.25) is 0 Å². The first kappa shape index (κ1) is 14.3. The lowest BCUT2D eigenvalue weighted by Gasteiger charge is -2.20. The molecule has 0 heterocycles. The Morgan fingerprint density at radius 2 is 2.00 bits per heavy atom. The van der Waals surface area contributed by atoms with E-state index in [1.54, 1.807) is 0 Å². The Morgan fingerprint density at radius 3 is 2.79 bits per heavy atom. The van der Waals surface area contributed by atoms with Crippen LogP contribution in [0.4, 0.5) is 0 Å². The Balaban J connectivity index is 1.49. The molecular formula is C17H24O2. The van der Waals surface area contributed by atoms with Crippen molar-refractivity contribution in [3.63, 3.8) is 0 Å². The van der Waals surface area contributed by atoms with Crippen molar-refractivity contribution < 1.29 is 9.53 Å². The highest BCUT2D eigenvalue weighted by Crippen LogP contribution is 2.21. The SMILES string of the molecule is O=C1CCCC(COCCCCc2ccccc2)C1. The van der Waals surface area contributed by atoms with Crippen molar-refractivity contribution in [2.24, 2.45) is 5.92 Å².